The summed E-state index contributed by atoms with van der Waals surface area (Å²) in [5.74, 6) is -1.84. The molecule has 0 radical (unpaired) electrons. The molecule has 7 nitrogen and oxygen atoms in total. The normalized spacial score (nSPS) is 14.2. The third-order valence-electron chi connectivity index (χ3n) is 6.33. The van der Waals surface area contributed by atoms with Crippen molar-refractivity contribution in [2.45, 2.75) is 52.2 Å². The smallest absolute Gasteiger partial charge is 0.387 e. The minimum Gasteiger partial charge on any atom is -0.435 e. The van der Waals surface area contributed by atoms with Gasteiger partial charge in [0.05, 0.1) is 23.5 Å². The molecular weight excluding hydrogens is 485 g/mol. The van der Waals surface area contributed by atoms with E-state index in [0.717, 1.165) is 23.8 Å². The standard InChI is InChI=1S/C27H29F3N4O3/c1-17-11-18(2)13-19(12-17)3-6-25(35)32-20-15-31-34(16-20)21-7-9-33(10-8-21)26(36)23-5-4-22(14-24(23)28)37-27(29)30/h4-5,11-16,21,27H,3,6-10H2,1-2H3,(H,32,35). The Morgan fingerprint density at radius 2 is 1.81 bits per heavy atom. The third kappa shape index (κ3) is 6.90. The highest BCUT2D eigenvalue weighted by molar-refractivity contribution is 5.94. The molecule has 37 heavy (non-hydrogen) atoms. The molecule has 1 aliphatic heterocycles. The second kappa shape index (κ2) is 11.5. The van der Waals surface area contributed by atoms with E-state index in [1.165, 1.54) is 16.0 Å². The van der Waals surface area contributed by atoms with E-state index in [9.17, 15) is 22.8 Å². The maximum absolute atomic E-state index is 14.3. The zero-order chi connectivity index (χ0) is 26.5. The van der Waals surface area contributed by atoms with Gasteiger partial charge in [-0.2, -0.15) is 13.9 Å². The topological polar surface area (TPSA) is 76.5 Å². The molecule has 2 amide bonds. The molecule has 0 saturated carbocycles. The van der Waals surface area contributed by atoms with Crippen LogP contribution >= 0.6 is 0 Å². The summed E-state index contributed by atoms with van der Waals surface area (Å²) in [5, 5.41) is 7.26. The average molecular weight is 515 g/mol. The largest absolute Gasteiger partial charge is 0.435 e. The monoisotopic (exact) mass is 514 g/mol. The number of nitrogens with one attached hydrogen (secondary N) is 1. The van der Waals surface area contributed by atoms with Crippen LogP contribution in [0, 0.1) is 19.7 Å². The van der Waals surface area contributed by atoms with Gasteiger partial charge in [-0.25, -0.2) is 4.39 Å². The van der Waals surface area contributed by atoms with Crippen LogP contribution in [0.2, 0.25) is 0 Å². The van der Waals surface area contributed by atoms with Crippen LogP contribution in [0.15, 0.2) is 48.8 Å². The molecule has 3 aromatic rings. The molecule has 196 valence electrons. The molecule has 0 bridgehead atoms. The number of anilines is 1. The van der Waals surface area contributed by atoms with Crippen LogP contribution in [0.5, 0.6) is 5.75 Å². The van der Waals surface area contributed by atoms with E-state index in [2.05, 4.69) is 33.4 Å². The maximum atomic E-state index is 14.3. The van der Waals surface area contributed by atoms with Gasteiger partial charge in [-0.1, -0.05) is 29.3 Å². The minimum absolute atomic E-state index is 0.0247. The maximum Gasteiger partial charge on any atom is 0.387 e. The Morgan fingerprint density at radius 3 is 2.46 bits per heavy atom. The van der Waals surface area contributed by atoms with Gasteiger partial charge >= 0.3 is 6.61 Å². The van der Waals surface area contributed by atoms with Gasteiger partial charge in [-0.05, 0) is 50.8 Å². The SMILES string of the molecule is Cc1cc(C)cc(CCC(=O)Nc2cnn(C3CCN(C(=O)c4ccc(OC(F)F)cc4F)CC3)c2)c1. The number of nitrogens with zero attached hydrogens (tertiary/aromatic N) is 3. The molecule has 0 aliphatic carbocycles. The number of alkyl halides is 2. The number of hydrogen-bond donors (Lipinski definition) is 1. The summed E-state index contributed by atoms with van der Waals surface area (Å²) in [7, 11) is 0. The highest BCUT2D eigenvalue weighted by atomic mass is 19.3. The number of benzene rings is 2. The Bertz CT molecular complexity index is 1250. The Labute approximate surface area is 213 Å². The average Bonchev–Trinajstić information content (AvgIpc) is 3.30. The van der Waals surface area contributed by atoms with Gasteiger partial charge < -0.3 is 15.0 Å². The molecule has 1 N–H and O–H groups in total. The van der Waals surface area contributed by atoms with Crippen LogP contribution in [-0.2, 0) is 11.2 Å². The molecule has 2 heterocycles. The molecule has 0 atom stereocenters. The van der Waals surface area contributed by atoms with Crippen molar-refractivity contribution in [3.8, 4) is 5.75 Å². The first-order valence-corrected chi connectivity index (χ1v) is 12.1. The third-order valence-corrected chi connectivity index (χ3v) is 6.33. The second-order valence-corrected chi connectivity index (χ2v) is 9.30. The predicted molar refractivity (Wildman–Crippen MR) is 132 cm³/mol. The molecule has 1 aliphatic rings. The van der Waals surface area contributed by atoms with Crippen molar-refractivity contribution >= 4 is 17.5 Å². The lowest BCUT2D eigenvalue weighted by Gasteiger charge is -2.32. The Morgan fingerprint density at radius 1 is 1.11 bits per heavy atom. The van der Waals surface area contributed by atoms with Gasteiger partial charge in [0.1, 0.15) is 11.6 Å². The van der Waals surface area contributed by atoms with Gasteiger partial charge in [0.15, 0.2) is 0 Å². The summed E-state index contributed by atoms with van der Waals surface area (Å²) in [5.41, 5.74) is 3.89. The summed E-state index contributed by atoms with van der Waals surface area (Å²) < 4.78 is 44.9. The van der Waals surface area contributed by atoms with Crippen molar-refractivity contribution < 1.29 is 27.5 Å². The van der Waals surface area contributed by atoms with Crippen LogP contribution in [0.3, 0.4) is 0 Å². The molecule has 0 unspecified atom stereocenters. The van der Waals surface area contributed by atoms with E-state index >= 15 is 0 Å². The first-order chi connectivity index (χ1) is 17.7. The Balaban J connectivity index is 1.27. The highest BCUT2D eigenvalue weighted by Gasteiger charge is 2.27. The fourth-order valence-corrected chi connectivity index (χ4v) is 4.65. The number of carbonyl (C=O) groups is 2. The van der Waals surface area contributed by atoms with E-state index in [-0.39, 0.29) is 23.3 Å². The molecule has 10 heteroatoms. The minimum atomic E-state index is -3.07. The Kier molecular flexibility index (Phi) is 8.15. The highest BCUT2D eigenvalue weighted by Crippen LogP contribution is 2.26. The van der Waals surface area contributed by atoms with Gasteiger partial charge in [-0.15, -0.1) is 0 Å². The van der Waals surface area contributed by atoms with Gasteiger partial charge in [0.25, 0.3) is 5.91 Å². The number of aryl methyl sites for hydroxylation is 3. The summed E-state index contributed by atoms with van der Waals surface area (Å²) in [6.45, 7) is 1.77. The molecule has 0 spiro atoms. The lowest BCUT2D eigenvalue weighted by Crippen LogP contribution is -2.39. The fourth-order valence-electron chi connectivity index (χ4n) is 4.65. The van der Waals surface area contributed by atoms with Crippen LogP contribution in [0.1, 0.15) is 52.4 Å². The number of ether oxygens (including phenoxy) is 1. The second-order valence-electron chi connectivity index (χ2n) is 9.30. The van der Waals surface area contributed by atoms with E-state index < -0.39 is 18.3 Å². The van der Waals surface area contributed by atoms with Crippen molar-refractivity contribution in [1.29, 1.82) is 0 Å². The van der Waals surface area contributed by atoms with Gasteiger partial charge in [-0.3, -0.25) is 14.3 Å². The quantitative estimate of drug-likeness (QED) is 0.443. The number of amides is 2. The number of carbonyl (C=O) groups excluding carboxylic acids is 2. The first-order valence-electron chi connectivity index (χ1n) is 12.1. The number of aromatic nitrogens is 2. The van der Waals surface area contributed by atoms with Crippen molar-refractivity contribution in [2.24, 2.45) is 0 Å². The van der Waals surface area contributed by atoms with Crippen molar-refractivity contribution in [3.63, 3.8) is 0 Å². The van der Waals surface area contributed by atoms with E-state index in [4.69, 9.17) is 0 Å². The molecule has 1 aromatic heterocycles. The van der Waals surface area contributed by atoms with Gasteiger partial charge in [0, 0.05) is 31.8 Å². The van der Waals surface area contributed by atoms with E-state index in [1.807, 2.05) is 13.8 Å². The van der Waals surface area contributed by atoms with E-state index in [0.29, 0.717) is 44.5 Å². The Hall–Kier alpha value is -3.82. The molecule has 1 saturated heterocycles. The summed E-state index contributed by atoms with van der Waals surface area (Å²) in [4.78, 5) is 26.7. The number of piperidine rings is 1. The van der Waals surface area contributed by atoms with Gasteiger partial charge in [0.2, 0.25) is 5.91 Å². The summed E-state index contributed by atoms with van der Waals surface area (Å²) >= 11 is 0. The van der Waals surface area contributed by atoms with E-state index in [1.54, 1.807) is 17.1 Å². The summed E-state index contributed by atoms with van der Waals surface area (Å²) in [6, 6.07) is 9.38. The van der Waals surface area contributed by atoms with Crippen LogP contribution in [0.4, 0.5) is 18.9 Å². The molecule has 4 rings (SSSR count). The van der Waals surface area contributed by atoms with Crippen molar-refractivity contribution in [3.05, 3.63) is 76.9 Å². The predicted octanol–water partition coefficient (Wildman–Crippen LogP) is 5.29. The molecule has 2 aromatic carbocycles. The van der Waals surface area contributed by atoms with Crippen LogP contribution in [-0.4, -0.2) is 46.2 Å². The summed E-state index contributed by atoms with van der Waals surface area (Å²) in [6.07, 6.45) is 5.59. The van der Waals surface area contributed by atoms with Crippen LogP contribution in [0.25, 0.3) is 0 Å². The van der Waals surface area contributed by atoms with Crippen LogP contribution < -0.4 is 10.1 Å². The number of rotatable bonds is 8. The first kappa shape index (κ1) is 26.2. The fraction of sp³-hybridized carbons (Fsp3) is 0.370. The lowest BCUT2D eigenvalue weighted by atomic mass is 10.0. The van der Waals surface area contributed by atoms with Crippen molar-refractivity contribution in [2.75, 3.05) is 18.4 Å². The number of hydrogen-bond acceptors (Lipinski definition) is 4. The zero-order valence-corrected chi connectivity index (χ0v) is 20.7. The zero-order valence-electron chi connectivity index (χ0n) is 20.7. The molecular formula is C27H29F3N4O3. The molecule has 1 fully saturated rings. The number of likely N-dealkylation sites (tertiary alicyclic amines) is 1. The van der Waals surface area contributed by atoms with Crippen molar-refractivity contribution in [1.82, 2.24) is 14.7 Å². The lowest BCUT2D eigenvalue weighted by molar-refractivity contribution is -0.116. The number of halogens is 3.